The number of hydrogen-bond donors (Lipinski definition) is 1. The van der Waals surface area contributed by atoms with Crippen LogP contribution in [0.5, 0.6) is 0 Å². The number of imidazole rings is 1. The number of amides is 1. The Labute approximate surface area is 161 Å². The Hall–Kier alpha value is -3.56. The number of aromatic nitrogens is 2. The van der Waals surface area contributed by atoms with Gasteiger partial charge in [-0.25, -0.2) is 4.98 Å². The van der Waals surface area contributed by atoms with Crippen LogP contribution in [-0.2, 0) is 9.59 Å². The number of para-hydroxylation sites is 1. The molecule has 28 heavy (non-hydrogen) atoms. The maximum absolute atomic E-state index is 10.7. The number of H-pyrrole nitrogens is 1. The van der Waals surface area contributed by atoms with E-state index in [-0.39, 0.29) is 0 Å². The van der Waals surface area contributed by atoms with Crippen LogP contribution in [0.3, 0.4) is 0 Å². The molecule has 10 heteroatoms. The molecule has 1 radical (unpaired) electrons. The smallest absolute Gasteiger partial charge is 0.137 e. The summed E-state index contributed by atoms with van der Waals surface area (Å²) in [5.74, 6) is -3.09. The van der Waals surface area contributed by atoms with Gasteiger partial charge in [0, 0.05) is 26.2 Å². The van der Waals surface area contributed by atoms with Crippen LogP contribution < -0.4 is 20.2 Å². The lowest BCUT2D eigenvalue weighted by molar-refractivity contribution is -0.301. The summed E-state index contributed by atoms with van der Waals surface area (Å²) in [4.78, 5) is 40.4. The van der Waals surface area contributed by atoms with E-state index in [0.29, 0.717) is 38.3 Å². The fourth-order valence-electron chi connectivity index (χ4n) is 2.47. The predicted molar refractivity (Wildman–Crippen MR) is 95.5 cm³/mol. The van der Waals surface area contributed by atoms with E-state index in [0.717, 1.165) is 16.7 Å². The Kier molecular flexibility index (Phi) is 9.01. The summed E-state index contributed by atoms with van der Waals surface area (Å²) in [5.41, 5.74) is 2.97. The minimum atomic E-state index is -1.55. The molecular weight excluding hydrogens is 368 g/mol. The van der Waals surface area contributed by atoms with Gasteiger partial charge in [-0.3, -0.25) is 0 Å². The molecule has 0 unspecified atom stereocenters. The third-order valence-corrected chi connectivity index (χ3v) is 3.66. The third-order valence-electron chi connectivity index (χ3n) is 3.66. The normalized spacial score (nSPS) is 13.4. The van der Waals surface area contributed by atoms with E-state index in [4.69, 9.17) is 0 Å². The van der Waals surface area contributed by atoms with Crippen LogP contribution in [0.2, 0.25) is 0 Å². The third kappa shape index (κ3) is 6.63. The molecule has 2 heterocycles. The van der Waals surface area contributed by atoms with Crippen molar-refractivity contribution in [1.82, 2.24) is 14.9 Å². The molecule has 1 aliphatic rings. The topological polar surface area (TPSA) is 156 Å². The van der Waals surface area contributed by atoms with E-state index < -0.39 is 18.0 Å². The van der Waals surface area contributed by atoms with Gasteiger partial charge < -0.3 is 44.5 Å². The van der Waals surface area contributed by atoms with Crippen LogP contribution in [0.4, 0.5) is 10.5 Å². The van der Waals surface area contributed by atoms with Crippen molar-refractivity contribution in [2.75, 3.05) is 31.1 Å². The summed E-state index contributed by atoms with van der Waals surface area (Å²) in [5, 5.41) is 29.6. The highest BCUT2D eigenvalue weighted by Gasteiger charge is 2.18. The van der Waals surface area contributed by atoms with Gasteiger partial charge in [-0.05, 0) is 24.3 Å². The number of aliphatic carboxylic acids is 2. The zero-order valence-corrected chi connectivity index (χ0v) is 15.3. The van der Waals surface area contributed by atoms with E-state index in [9.17, 15) is 29.7 Å². The summed E-state index contributed by atoms with van der Waals surface area (Å²) in [6, 6.07) is 5.96. The van der Waals surface area contributed by atoms with Crippen molar-refractivity contribution in [2.45, 2.75) is 6.92 Å². The zero-order chi connectivity index (χ0) is 21.1. The molecule has 0 atom stereocenters. The Balaban J connectivity index is 0.000000334. The van der Waals surface area contributed by atoms with Gasteiger partial charge in [0.25, 0.3) is 0 Å². The molecule has 0 spiro atoms. The number of fused-ring (bicyclic) bond motifs is 1. The first-order valence-electron chi connectivity index (χ1n) is 8.32. The van der Waals surface area contributed by atoms with E-state index in [1.165, 1.54) is 4.90 Å². The van der Waals surface area contributed by atoms with Crippen molar-refractivity contribution in [1.29, 1.82) is 0 Å². The summed E-state index contributed by atoms with van der Waals surface area (Å²) in [7, 11) is 0. The lowest BCUT2D eigenvalue weighted by atomic mass is 10.2. The van der Waals surface area contributed by atoms with Crippen LogP contribution in [0.25, 0.3) is 11.0 Å². The molecule has 1 saturated heterocycles. The van der Waals surface area contributed by atoms with Crippen molar-refractivity contribution < 1.29 is 29.7 Å². The van der Waals surface area contributed by atoms with Crippen LogP contribution in [0.15, 0.2) is 36.7 Å². The number of piperazine rings is 1. The van der Waals surface area contributed by atoms with Gasteiger partial charge >= 0.3 is 0 Å². The molecule has 10 nitrogen and oxygen atoms in total. The fraction of sp³-hybridized carbons (Fsp3) is 0.278. The fourth-order valence-corrected chi connectivity index (χ4v) is 2.47. The van der Waals surface area contributed by atoms with Crippen molar-refractivity contribution in [3.05, 3.63) is 43.6 Å². The number of hydrogen-bond acceptors (Lipinski definition) is 8. The van der Waals surface area contributed by atoms with Gasteiger partial charge in [-0.1, -0.05) is 19.9 Å². The second-order valence-electron chi connectivity index (χ2n) is 5.29. The predicted octanol–water partition coefficient (Wildman–Crippen LogP) is -2.09. The van der Waals surface area contributed by atoms with E-state index in [1.54, 1.807) is 13.3 Å². The SMILES string of the molecule is O=C([O-])/C=C\C(=O)[O-].O=C([O-])N1CCN(c2cccc3[nH]cnc23)CC1.[CH2]C. The molecule has 0 aliphatic carbocycles. The average molecular weight is 388 g/mol. The first-order valence-corrected chi connectivity index (χ1v) is 8.32. The van der Waals surface area contributed by atoms with E-state index in [1.807, 2.05) is 18.2 Å². The molecule has 1 amide bonds. The number of anilines is 1. The lowest BCUT2D eigenvalue weighted by Crippen LogP contribution is -2.52. The van der Waals surface area contributed by atoms with Gasteiger partial charge in [-0.15, -0.1) is 0 Å². The van der Waals surface area contributed by atoms with Gasteiger partial charge in [0.1, 0.15) is 11.6 Å². The summed E-state index contributed by atoms with van der Waals surface area (Å²) in [6.45, 7) is 7.28. The molecule has 0 saturated carbocycles. The highest BCUT2D eigenvalue weighted by molar-refractivity contribution is 5.88. The Morgan fingerprint density at radius 1 is 1.04 bits per heavy atom. The molecule has 1 aromatic carbocycles. The largest absolute Gasteiger partial charge is 0.545 e. The van der Waals surface area contributed by atoms with Crippen LogP contribution >= 0.6 is 0 Å². The van der Waals surface area contributed by atoms with Crippen LogP contribution in [0, 0.1) is 6.92 Å². The molecule has 0 bridgehead atoms. The Morgan fingerprint density at radius 3 is 2.11 bits per heavy atom. The number of nitrogens with zero attached hydrogens (tertiary/aromatic N) is 3. The second kappa shape index (κ2) is 11.2. The molecule has 1 fully saturated rings. The maximum atomic E-state index is 10.7. The van der Waals surface area contributed by atoms with Crippen molar-refractivity contribution in [3.63, 3.8) is 0 Å². The number of carboxylic acids is 2. The number of carboxylic acid groups (broad SMARTS) is 3. The molecule has 151 valence electrons. The van der Waals surface area contributed by atoms with Gasteiger partial charge in [0.05, 0.1) is 29.5 Å². The average Bonchev–Trinajstić information content (AvgIpc) is 3.17. The molecule has 1 N–H and O–H groups in total. The number of carbonyl (C=O) groups excluding carboxylic acids is 3. The number of benzene rings is 1. The molecule has 2 aromatic rings. The monoisotopic (exact) mass is 388 g/mol. The first-order chi connectivity index (χ1) is 13.4. The summed E-state index contributed by atoms with van der Waals surface area (Å²) in [6.07, 6.45) is 1.35. The standard InChI is InChI=1S/C12H14N4O2.C4H4O4.C2H5/c17-12(18)16-6-4-15(5-7-16)10-3-1-2-9-11(10)14-8-13-9;5-3(6)1-2-4(7)8;1-2/h1-3,8H,4-7H2,(H,13,14)(H,17,18);1-2H,(H,5,6)(H,7,8);1H2,2H3/p-3/b;2-1-;. The van der Waals surface area contributed by atoms with Gasteiger partial charge in [-0.2, -0.15) is 0 Å². The van der Waals surface area contributed by atoms with Crippen molar-refractivity contribution in [2.24, 2.45) is 0 Å². The highest BCUT2D eigenvalue weighted by atomic mass is 16.4. The second-order valence-corrected chi connectivity index (χ2v) is 5.29. The minimum Gasteiger partial charge on any atom is -0.545 e. The zero-order valence-electron chi connectivity index (χ0n) is 15.3. The van der Waals surface area contributed by atoms with Crippen LogP contribution in [-0.4, -0.2) is 59.1 Å². The number of nitrogens with one attached hydrogen (secondary N) is 1. The number of aromatic amines is 1. The quantitative estimate of drug-likeness (QED) is 0.587. The van der Waals surface area contributed by atoms with E-state index >= 15 is 0 Å². The van der Waals surface area contributed by atoms with Crippen molar-refractivity contribution in [3.8, 4) is 0 Å². The Bertz CT molecular complexity index is 808. The number of carbonyl (C=O) groups is 3. The first kappa shape index (κ1) is 22.5. The Morgan fingerprint density at radius 2 is 1.61 bits per heavy atom. The summed E-state index contributed by atoms with van der Waals surface area (Å²) >= 11 is 0. The molecule has 1 aliphatic heterocycles. The maximum Gasteiger partial charge on any atom is 0.137 e. The van der Waals surface area contributed by atoms with Gasteiger partial charge in [0.15, 0.2) is 0 Å². The number of rotatable bonds is 3. The van der Waals surface area contributed by atoms with E-state index in [2.05, 4.69) is 21.8 Å². The minimum absolute atomic E-state index is 0.384. The van der Waals surface area contributed by atoms with Gasteiger partial charge in [0.2, 0.25) is 0 Å². The lowest BCUT2D eigenvalue weighted by Gasteiger charge is -2.37. The van der Waals surface area contributed by atoms with Crippen LogP contribution in [0.1, 0.15) is 6.92 Å². The molecular formula is C18H20N4O6-3. The van der Waals surface area contributed by atoms with Crippen molar-refractivity contribution >= 4 is 34.8 Å². The highest BCUT2D eigenvalue weighted by Crippen LogP contribution is 2.24. The summed E-state index contributed by atoms with van der Waals surface area (Å²) < 4.78 is 0. The molecule has 3 rings (SSSR count). The molecule has 1 aromatic heterocycles.